The molecule has 170 valence electrons. The Balaban J connectivity index is 1.66. The van der Waals surface area contributed by atoms with Crippen molar-refractivity contribution in [3.63, 3.8) is 0 Å². The van der Waals surface area contributed by atoms with Crippen LogP contribution < -0.4 is 10.6 Å². The predicted octanol–water partition coefficient (Wildman–Crippen LogP) is 4.57. The molecule has 2 N–H and O–H groups in total. The van der Waals surface area contributed by atoms with Gasteiger partial charge in [0.15, 0.2) is 6.61 Å². The van der Waals surface area contributed by atoms with Gasteiger partial charge < -0.3 is 20.1 Å². The molecule has 0 aliphatic rings. The first-order valence-electron chi connectivity index (χ1n) is 9.76. The summed E-state index contributed by atoms with van der Waals surface area (Å²) >= 11 is 9.28. The first-order chi connectivity index (χ1) is 15.3. The highest BCUT2D eigenvalue weighted by atomic mass is 79.9. The van der Waals surface area contributed by atoms with E-state index in [1.165, 1.54) is 0 Å². The third-order valence-corrected chi connectivity index (χ3v) is 4.84. The van der Waals surface area contributed by atoms with E-state index in [9.17, 15) is 19.2 Å². The van der Waals surface area contributed by atoms with Gasteiger partial charge >= 0.3 is 11.9 Å². The van der Waals surface area contributed by atoms with E-state index in [4.69, 9.17) is 21.1 Å². The van der Waals surface area contributed by atoms with E-state index in [0.29, 0.717) is 22.0 Å². The normalized spacial score (nSPS) is 10.2. The van der Waals surface area contributed by atoms with Crippen molar-refractivity contribution in [3.05, 3.63) is 57.5 Å². The molecule has 0 aliphatic carbocycles. The lowest BCUT2D eigenvalue weighted by Gasteiger charge is -2.09. The van der Waals surface area contributed by atoms with Crippen LogP contribution in [0.5, 0.6) is 0 Å². The van der Waals surface area contributed by atoms with E-state index in [-0.39, 0.29) is 31.8 Å². The molecule has 32 heavy (non-hydrogen) atoms. The van der Waals surface area contributed by atoms with Gasteiger partial charge in [-0.15, -0.1) is 0 Å². The Hall–Kier alpha value is -2.91. The van der Waals surface area contributed by atoms with Crippen molar-refractivity contribution in [2.75, 3.05) is 23.8 Å². The number of benzene rings is 2. The maximum atomic E-state index is 12.0. The van der Waals surface area contributed by atoms with Gasteiger partial charge in [-0.3, -0.25) is 14.4 Å². The lowest BCUT2D eigenvalue weighted by molar-refractivity contribution is -0.147. The Morgan fingerprint density at radius 1 is 0.938 bits per heavy atom. The fourth-order valence-corrected chi connectivity index (χ4v) is 3.24. The Morgan fingerprint density at radius 2 is 1.66 bits per heavy atom. The topological polar surface area (TPSA) is 111 Å². The molecule has 8 nitrogen and oxygen atoms in total. The SMILES string of the molecule is CCOC(=O)c1ccc(NC(=O)CCCC(=O)OCC(=O)Nc2ccc(Br)cc2Cl)cc1. The van der Waals surface area contributed by atoms with Crippen LogP contribution in [0.25, 0.3) is 0 Å². The second-order valence-corrected chi connectivity index (χ2v) is 7.86. The molecule has 2 amide bonds. The van der Waals surface area contributed by atoms with Crippen molar-refractivity contribution in [3.8, 4) is 0 Å². The molecule has 0 aliphatic heterocycles. The minimum Gasteiger partial charge on any atom is -0.462 e. The zero-order valence-electron chi connectivity index (χ0n) is 17.3. The van der Waals surface area contributed by atoms with Crippen molar-refractivity contribution >= 4 is 62.7 Å². The Labute approximate surface area is 198 Å². The molecule has 2 aromatic carbocycles. The molecule has 0 bridgehead atoms. The van der Waals surface area contributed by atoms with Gasteiger partial charge in [-0.1, -0.05) is 27.5 Å². The second kappa shape index (κ2) is 12.8. The molecule has 0 spiro atoms. The maximum absolute atomic E-state index is 12.0. The van der Waals surface area contributed by atoms with Crippen LogP contribution in [0.4, 0.5) is 11.4 Å². The minimum absolute atomic E-state index is 0.0124. The molecular formula is C22H22BrClN2O6. The van der Waals surface area contributed by atoms with Crippen molar-refractivity contribution in [1.29, 1.82) is 0 Å². The number of amides is 2. The summed E-state index contributed by atoms with van der Waals surface area (Å²) in [5.41, 5.74) is 1.32. The molecule has 0 saturated carbocycles. The summed E-state index contributed by atoms with van der Waals surface area (Å²) in [4.78, 5) is 47.3. The van der Waals surface area contributed by atoms with E-state index in [1.807, 2.05) is 0 Å². The monoisotopic (exact) mass is 524 g/mol. The Morgan fingerprint density at radius 3 is 2.31 bits per heavy atom. The number of carbonyl (C=O) groups excluding carboxylic acids is 4. The van der Waals surface area contributed by atoms with Crippen LogP contribution in [0.3, 0.4) is 0 Å². The van der Waals surface area contributed by atoms with Crippen molar-refractivity contribution in [2.24, 2.45) is 0 Å². The van der Waals surface area contributed by atoms with Gasteiger partial charge in [0.05, 0.1) is 22.9 Å². The maximum Gasteiger partial charge on any atom is 0.338 e. The van der Waals surface area contributed by atoms with Crippen molar-refractivity contribution in [1.82, 2.24) is 0 Å². The minimum atomic E-state index is -0.589. The zero-order valence-corrected chi connectivity index (χ0v) is 19.6. The van der Waals surface area contributed by atoms with Gasteiger partial charge in [0.1, 0.15) is 0 Å². The van der Waals surface area contributed by atoms with Gasteiger partial charge in [0, 0.05) is 23.0 Å². The van der Waals surface area contributed by atoms with E-state index in [2.05, 4.69) is 26.6 Å². The fraction of sp³-hybridized carbons (Fsp3) is 0.273. The van der Waals surface area contributed by atoms with E-state index in [0.717, 1.165) is 4.47 Å². The Kier molecular flexibility index (Phi) is 10.2. The van der Waals surface area contributed by atoms with Gasteiger partial charge in [-0.25, -0.2) is 4.79 Å². The molecule has 0 heterocycles. The number of ether oxygens (including phenoxy) is 2. The first kappa shape index (κ1) is 25.4. The molecule has 0 aromatic heterocycles. The van der Waals surface area contributed by atoms with Gasteiger partial charge in [0.25, 0.3) is 5.91 Å². The lowest BCUT2D eigenvalue weighted by Crippen LogP contribution is -2.21. The van der Waals surface area contributed by atoms with Crippen LogP contribution in [0.2, 0.25) is 5.02 Å². The first-order valence-corrected chi connectivity index (χ1v) is 10.9. The van der Waals surface area contributed by atoms with Crippen molar-refractivity contribution in [2.45, 2.75) is 26.2 Å². The summed E-state index contributed by atoms with van der Waals surface area (Å²) in [6.07, 6.45) is 0.336. The number of carbonyl (C=O) groups is 4. The van der Waals surface area contributed by atoms with Crippen LogP contribution in [0.15, 0.2) is 46.9 Å². The third kappa shape index (κ3) is 8.68. The highest BCUT2D eigenvalue weighted by molar-refractivity contribution is 9.10. The Bertz CT molecular complexity index is 981. The lowest BCUT2D eigenvalue weighted by atomic mass is 10.2. The van der Waals surface area contributed by atoms with E-state index >= 15 is 0 Å². The highest BCUT2D eigenvalue weighted by Crippen LogP contribution is 2.25. The molecule has 0 fully saturated rings. The van der Waals surface area contributed by atoms with E-state index in [1.54, 1.807) is 49.4 Å². The molecule has 0 atom stereocenters. The van der Waals surface area contributed by atoms with Crippen LogP contribution in [-0.2, 0) is 23.9 Å². The number of esters is 2. The average Bonchev–Trinajstić information content (AvgIpc) is 2.75. The number of nitrogens with one attached hydrogen (secondary N) is 2. The molecule has 0 saturated heterocycles. The van der Waals surface area contributed by atoms with Gasteiger partial charge in [-0.2, -0.15) is 0 Å². The summed E-state index contributed by atoms with van der Waals surface area (Å²) in [7, 11) is 0. The molecule has 0 unspecified atom stereocenters. The van der Waals surface area contributed by atoms with Crippen molar-refractivity contribution < 1.29 is 28.7 Å². The van der Waals surface area contributed by atoms with Gasteiger partial charge in [-0.05, 0) is 55.8 Å². The largest absolute Gasteiger partial charge is 0.462 e. The standard InChI is InChI=1S/C22H22BrClN2O6/c1-2-31-22(30)14-6-9-16(10-7-14)25-19(27)4-3-5-21(29)32-13-20(28)26-18-11-8-15(23)12-17(18)24/h6-12H,2-5,13H2,1H3,(H,25,27)(H,26,28). The fourth-order valence-electron chi connectivity index (χ4n) is 2.52. The average molecular weight is 526 g/mol. The number of hydrogen-bond acceptors (Lipinski definition) is 6. The summed E-state index contributed by atoms with van der Waals surface area (Å²) in [6, 6.07) is 11.3. The van der Waals surface area contributed by atoms with Gasteiger partial charge in [0.2, 0.25) is 5.91 Å². The molecular weight excluding hydrogens is 504 g/mol. The summed E-state index contributed by atoms with van der Waals surface area (Å²) in [5, 5.41) is 5.58. The smallest absolute Gasteiger partial charge is 0.338 e. The summed E-state index contributed by atoms with van der Waals surface area (Å²) < 4.78 is 10.6. The molecule has 0 radical (unpaired) electrons. The second-order valence-electron chi connectivity index (χ2n) is 6.53. The predicted molar refractivity (Wildman–Crippen MR) is 124 cm³/mol. The quantitative estimate of drug-likeness (QED) is 0.440. The number of halogens is 2. The molecule has 10 heteroatoms. The summed E-state index contributed by atoms with van der Waals surface area (Å²) in [6.45, 7) is 1.55. The number of hydrogen-bond donors (Lipinski definition) is 2. The zero-order chi connectivity index (χ0) is 23.5. The number of anilines is 2. The third-order valence-electron chi connectivity index (χ3n) is 4.03. The summed E-state index contributed by atoms with van der Waals surface area (Å²) in [5.74, 6) is -1.83. The molecule has 2 aromatic rings. The van der Waals surface area contributed by atoms with Crippen LogP contribution in [-0.4, -0.2) is 37.0 Å². The molecule has 2 rings (SSSR count). The van der Waals surface area contributed by atoms with Crippen LogP contribution >= 0.6 is 27.5 Å². The van der Waals surface area contributed by atoms with Crippen LogP contribution in [0, 0.1) is 0 Å². The number of rotatable bonds is 10. The van der Waals surface area contributed by atoms with Crippen LogP contribution in [0.1, 0.15) is 36.5 Å². The highest BCUT2D eigenvalue weighted by Gasteiger charge is 2.12. The van der Waals surface area contributed by atoms with E-state index < -0.39 is 24.5 Å².